The standard InChI is InChI=1S/C16H21N3/c1-13(2)16(14-6-4-3-5-7-14)11-18-10-15-8-9-17-12-19-15/h3-9,12-13,16,18H,10-11H2,1-2H3. The second-order valence-corrected chi connectivity index (χ2v) is 5.09. The molecule has 1 heterocycles. The van der Waals surface area contributed by atoms with Crippen LogP contribution >= 0.6 is 0 Å². The lowest BCUT2D eigenvalue weighted by molar-refractivity contribution is 0.460. The van der Waals surface area contributed by atoms with Crippen molar-refractivity contribution in [1.29, 1.82) is 0 Å². The van der Waals surface area contributed by atoms with Crippen LogP contribution in [0.2, 0.25) is 0 Å². The lowest BCUT2D eigenvalue weighted by Gasteiger charge is -2.21. The quantitative estimate of drug-likeness (QED) is 0.862. The SMILES string of the molecule is CC(C)C(CNCc1ccncn1)c1ccccc1. The minimum atomic E-state index is 0.531. The minimum Gasteiger partial charge on any atom is -0.311 e. The zero-order valence-corrected chi connectivity index (χ0v) is 11.6. The first-order chi connectivity index (χ1) is 9.27. The van der Waals surface area contributed by atoms with E-state index in [1.807, 2.05) is 6.07 Å². The first-order valence-electron chi connectivity index (χ1n) is 6.78. The average Bonchev–Trinajstić information content (AvgIpc) is 2.45. The largest absolute Gasteiger partial charge is 0.311 e. The molecule has 1 N–H and O–H groups in total. The monoisotopic (exact) mass is 255 g/mol. The summed E-state index contributed by atoms with van der Waals surface area (Å²) in [4.78, 5) is 8.15. The van der Waals surface area contributed by atoms with E-state index in [4.69, 9.17) is 0 Å². The van der Waals surface area contributed by atoms with E-state index in [1.54, 1.807) is 12.5 Å². The highest BCUT2D eigenvalue weighted by atomic mass is 14.9. The second kappa shape index (κ2) is 7.00. The van der Waals surface area contributed by atoms with Crippen molar-refractivity contribution in [2.24, 2.45) is 5.92 Å². The Balaban J connectivity index is 1.92. The highest BCUT2D eigenvalue weighted by Crippen LogP contribution is 2.23. The number of hydrogen-bond acceptors (Lipinski definition) is 3. The van der Waals surface area contributed by atoms with Crippen LogP contribution in [0, 0.1) is 5.92 Å². The summed E-state index contributed by atoms with van der Waals surface area (Å²) in [6, 6.07) is 12.6. The van der Waals surface area contributed by atoms with Crippen LogP contribution in [0.25, 0.3) is 0 Å². The molecule has 0 radical (unpaired) electrons. The molecule has 1 aromatic heterocycles. The molecule has 0 amide bonds. The van der Waals surface area contributed by atoms with Crippen LogP contribution in [-0.2, 0) is 6.54 Å². The van der Waals surface area contributed by atoms with Gasteiger partial charge in [0, 0.05) is 19.3 Å². The molecule has 2 aromatic rings. The Labute approximate surface area is 115 Å². The fourth-order valence-corrected chi connectivity index (χ4v) is 2.22. The molecule has 0 saturated heterocycles. The topological polar surface area (TPSA) is 37.8 Å². The molecule has 19 heavy (non-hydrogen) atoms. The second-order valence-electron chi connectivity index (χ2n) is 5.09. The number of aromatic nitrogens is 2. The predicted octanol–water partition coefficient (Wildman–Crippen LogP) is 3.01. The first-order valence-corrected chi connectivity index (χ1v) is 6.78. The molecule has 3 heteroatoms. The number of hydrogen-bond donors (Lipinski definition) is 1. The molecule has 0 spiro atoms. The molecule has 1 aromatic carbocycles. The number of rotatable bonds is 6. The van der Waals surface area contributed by atoms with Crippen LogP contribution in [0.3, 0.4) is 0 Å². The van der Waals surface area contributed by atoms with Gasteiger partial charge in [-0.3, -0.25) is 0 Å². The smallest absolute Gasteiger partial charge is 0.115 e. The molecule has 0 fully saturated rings. The summed E-state index contributed by atoms with van der Waals surface area (Å²) in [5.74, 6) is 1.14. The average molecular weight is 255 g/mol. The van der Waals surface area contributed by atoms with Crippen molar-refractivity contribution in [3.05, 3.63) is 60.2 Å². The van der Waals surface area contributed by atoms with Gasteiger partial charge in [0.1, 0.15) is 6.33 Å². The number of benzene rings is 1. The number of nitrogens with zero attached hydrogens (tertiary/aromatic N) is 2. The van der Waals surface area contributed by atoms with Gasteiger partial charge in [-0.05, 0) is 23.5 Å². The summed E-state index contributed by atoms with van der Waals surface area (Å²) >= 11 is 0. The first kappa shape index (κ1) is 13.7. The molecule has 2 rings (SSSR count). The molecule has 0 aliphatic carbocycles. The van der Waals surface area contributed by atoms with Crippen LogP contribution in [0.5, 0.6) is 0 Å². The maximum atomic E-state index is 4.22. The minimum absolute atomic E-state index is 0.531. The van der Waals surface area contributed by atoms with Gasteiger partial charge in [0.25, 0.3) is 0 Å². The van der Waals surface area contributed by atoms with Crippen molar-refractivity contribution in [1.82, 2.24) is 15.3 Å². The number of nitrogens with one attached hydrogen (secondary N) is 1. The Morgan fingerprint density at radius 1 is 1.11 bits per heavy atom. The summed E-state index contributed by atoms with van der Waals surface area (Å²) in [6.07, 6.45) is 3.37. The summed E-state index contributed by atoms with van der Waals surface area (Å²) < 4.78 is 0. The van der Waals surface area contributed by atoms with E-state index in [2.05, 4.69) is 59.5 Å². The van der Waals surface area contributed by atoms with Gasteiger partial charge in [-0.15, -0.1) is 0 Å². The van der Waals surface area contributed by atoms with Crippen LogP contribution < -0.4 is 5.32 Å². The molecule has 0 aliphatic heterocycles. The van der Waals surface area contributed by atoms with Crippen molar-refractivity contribution in [3.8, 4) is 0 Å². The van der Waals surface area contributed by atoms with E-state index in [9.17, 15) is 0 Å². The Hall–Kier alpha value is -1.74. The van der Waals surface area contributed by atoms with E-state index in [0.717, 1.165) is 18.8 Å². The van der Waals surface area contributed by atoms with Gasteiger partial charge in [0.2, 0.25) is 0 Å². The van der Waals surface area contributed by atoms with Gasteiger partial charge in [-0.2, -0.15) is 0 Å². The highest BCUT2D eigenvalue weighted by molar-refractivity contribution is 5.20. The van der Waals surface area contributed by atoms with Crippen molar-refractivity contribution in [2.75, 3.05) is 6.54 Å². The van der Waals surface area contributed by atoms with Gasteiger partial charge in [-0.25, -0.2) is 9.97 Å². The van der Waals surface area contributed by atoms with Crippen molar-refractivity contribution < 1.29 is 0 Å². The maximum Gasteiger partial charge on any atom is 0.115 e. The fourth-order valence-electron chi connectivity index (χ4n) is 2.22. The summed E-state index contributed by atoms with van der Waals surface area (Å²) in [7, 11) is 0. The van der Waals surface area contributed by atoms with E-state index in [-0.39, 0.29) is 0 Å². The van der Waals surface area contributed by atoms with Crippen molar-refractivity contribution in [3.63, 3.8) is 0 Å². The van der Waals surface area contributed by atoms with Gasteiger partial charge < -0.3 is 5.32 Å². The van der Waals surface area contributed by atoms with Crippen molar-refractivity contribution in [2.45, 2.75) is 26.3 Å². The third-order valence-electron chi connectivity index (χ3n) is 3.35. The molecule has 0 aliphatic rings. The van der Waals surface area contributed by atoms with E-state index in [0.29, 0.717) is 11.8 Å². The molecule has 1 atom stereocenters. The van der Waals surface area contributed by atoms with Crippen LogP contribution in [0.15, 0.2) is 48.9 Å². The van der Waals surface area contributed by atoms with E-state index in [1.165, 1.54) is 5.56 Å². The molecule has 3 nitrogen and oxygen atoms in total. The maximum absolute atomic E-state index is 4.22. The van der Waals surface area contributed by atoms with E-state index < -0.39 is 0 Å². The van der Waals surface area contributed by atoms with Crippen molar-refractivity contribution >= 4 is 0 Å². The van der Waals surface area contributed by atoms with Crippen LogP contribution in [0.1, 0.15) is 31.0 Å². The van der Waals surface area contributed by atoms with Crippen LogP contribution in [-0.4, -0.2) is 16.5 Å². The Bertz CT molecular complexity index is 468. The lowest BCUT2D eigenvalue weighted by Crippen LogP contribution is -2.24. The summed E-state index contributed by atoms with van der Waals surface area (Å²) in [6.45, 7) is 6.29. The van der Waals surface area contributed by atoms with Gasteiger partial charge in [0.05, 0.1) is 5.69 Å². The lowest BCUT2D eigenvalue weighted by atomic mass is 9.88. The third-order valence-corrected chi connectivity index (χ3v) is 3.35. The van der Waals surface area contributed by atoms with E-state index >= 15 is 0 Å². The van der Waals surface area contributed by atoms with Gasteiger partial charge in [-0.1, -0.05) is 44.2 Å². The predicted molar refractivity (Wildman–Crippen MR) is 77.8 cm³/mol. The zero-order valence-electron chi connectivity index (χ0n) is 11.6. The molecular formula is C16H21N3. The van der Waals surface area contributed by atoms with Gasteiger partial charge in [0.15, 0.2) is 0 Å². The molecule has 1 unspecified atom stereocenters. The molecule has 100 valence electrons. The Kier molecular flexibility index (Phi) is 5.04. The summed E-state index contributed by atoms with van der Waals surface area (Å²) in [5, 5.41) is 3.49. The van der Waals surface area contributed by atoms with Gasteiger partial charge >= 0.3 is 0 Å². The summed E-state index contributed by atoms with van der Waals surface area (Å²) in [5.41, 5.74) is 2.43. The Morgan fingerprint density at radius 3 is 2.53 bits per heavy atom. The molecule has 0 saturated carbocycles. The van der Waals surface area contributed by atoms with Crippen LogP contribution in [0.4, 0.5) is 0 Å². The molecular weight excluding hydrogens is 234 g/mol. The fraction of sp³-hybridized carbons (Fsp3) is 0.375. The molecule has 0 bridgehead atoms. The zero-order chi connectivity index (χ0) is 13.5. The normalized spacial score (nSPS) is 12.6. The Morgan fingerprint density at radius 2 is 1.89 bits per heavy atom. The highest BCUT2D eigenvalue weighted by Gasteiger charge is 2.14. The third kappa shape index (κ3) is 4.14.